The Kier molecular flexibility index (Phi) is 13.6. The summed E-state index contributed by atoms with van der Waals surface area (Å²) >= 11 is 0. The van der Waals surface area contributed by atoms with E-state index in [4.69, 9.17) is 13.9 Å². The van der Waals surface area contributed by atoms with E-state index in [1.165, 1.54) is 45.2 Å². The zero-order valence-electron chi connectivity index (χ0n) is 36.0. The number of hydrogen-bond donors (Lipinski definition) is 2. The van der Waals surface area contributed by atoms with E-state index >= 15 is 0 Å². The number of hydrazine groups is 1. The molecule has 0 fully saturated rings. The van der Waals surface area contributed by atoms with Crippen LogP contribution in [0.5, 0.6) is 11.5 Å². The first-order valence-corrected chi connectivity index (χ1v) is 20.8. The Balaban J connectivity index is 0.000000182. The van der Waals surface area contributed by atoms with Crippen molar-refractivity contribution in [2.24, 2.45) is 0 Å². The number of rotatable bonds is 12. The van der Waals surface area contributed by atoms with Gasteiger partial charge in [-0.25, -0.2) is 18.7 Å². The summed E-state index contributed by atoms with van der Waals surface area (Å²) in [6.07, 6.45) is 3.55. The predicted octanol–water partition coefficient (Wildman–Crippen LogP) is 7.09. The monoisotopic (exact) mass is 902 g/mol. The SMILES string of the molecule is Cc1ccc2nc(-c3nnc(Cc4ccc(F)cc4)o3)c(OCc3ccccc3)c(=O)n2c1.Cc1ccc2nc(C(=O)NNC(=O)Cc3ccc(F)cc3)c(OCc3ccccc3)c(=O)n2c1. The first-order valence-electron chi connectivity index (χ1n) is 20.8. The van der Waals surface area contributed by atoms with Crippen molar-refractivity contribution in [2.45, 2.75) is 39.9 Å². The quantitative estimate of drug-likeness (QED) is 0.119. The molecule has 4 aromatic carbocycles. The Hall–Kier alpha value is -8.86. The molecule has 17 heteroatoms. The van der Waals surface area contributed by atoms with Crippen LogP contribution in [0.15, 0.2) is 160 Å². The van der Waals surface area contributed by atoms with Crippen molar-refractivity contribution in [3.05, 3.63) is 223 Å². The number of amides is 2. The average Bonchev–Trinajstić information content (AvgIpc) is 3.81. The molecule has 0 radical (unpaired) electrons. The van der Waals surface area contributed by atoms with Gasteiger partial charge in [-0.15, -0.1) is 10.2 Å². The molecular weight excluding hydrogens is 863 g/mol. The molecule has 0 saturated heterocycles. The molecular formula is C50H40F2N8O7. The molecule has 2 N–H and O–H groups in total. The first kappa shape index (κ1) is 44.7. The first-order chi connectivity index (χ1) is 32.5. The highest BCUT2D eigenvalue weighted by Crippen LogP contribution is 2.26. The number of nitrogens with one attached hydrogen (secondary N) is 2. The van der Waals surface area contributed by atoms with E-state index in [0.717, 1.165) is 27.8 Å². The van der Waals surface area contributed by atoms with E-state index in [2.05, 4.69) is 31.0 Å². The van der Waals surface area contributed by atoms with E-state index in [1.54, 1.807) is 42.7 Å². The van der Waals surface area contributed by atoms with Crippen molar-refractivity contribution in [3.63, 3.8) is 0 Å². The fraction of sp³-hybridized carbons (Fsp3) is 0.120. The molecule has 5 aromatic heterocycles. The summed E-state index contributed by atoms with van der Waals surface area (Å²) in [6, 6.07) is 37.1. The van der Waals surface area contributed by atoms with Gasteiger partial charge in [0.1, 0.15) is 36.1 Å². The molecule has 2 amide bonds. The Labute approximate surface area is 380 Å². The highest BCUT2D eigenvalue weighted by molar-refractivity contribution is 5.96. The van der Waals surface area contributed by atoms with Crippen molar-refractivity contribution >= 4 is 23.1 Å². The predicted molar refractivity (Wildman–Crippen MR) is 242 cm³/mol. The number of nitrogens with zero attached hydrogens (tertiary/aromatic N) is 6. The fourth-order valence-corrected chi connectivity index (χ4v) is 6.69. The summed E-state index contributed by atoms with van der Waals surface area (Å²) in [4.78, 5) is 60.4. The van der Waals surface area contributed by atoms with Crippen LogP contribution in [0.2, 0.25) is 0 Å². The number of aryl methyl sites for hydroxylation is 2. The van der Waals surface area contributed by atoms with Crippen LogP contribution in [0.3, 0.4) is 0 Å². The third-order valence-corrected chi connectivity index (χ3v) is 10.1. The average molecular weight is 903 g/mol. The molecule has 336 valence electrons. The number of halogens is 2. The van der Waals surface area contributed by atoms with Crippen LogP contribution >= 0.6 is 0 Å². The molecule has 9 rings (SSSR count). The Morgan fingerprint density at radius 3 is 1.70 bits per heavy atom. The van der Waals surface area contributed by atoms with Crippen LogP contribution in [0, 0.1) is 25.5 Å². The molecule has 0 aliphatic heterocycles. The molecule has 0 spiro atoms. The fourth-order valence-electron chi connectivity index (χ4n) is 6.69. The van der Waals surface area contributed by atoms with Crippen molar-refractivity contribution < 1.29 is 32.3 Å². The molecule has 0 aliphatic carbocycles. The molecule has 15 nitrogen and oxygen atoms in total. The van der Waals surface area contributed by atoms with Gasteiger partial charge in [0.15, 0.2) is 11.4 Å². The van der Waals surface area contributed by atoms with Crippen LogP contribution in [-0.4, -0.2) is 40.8 Å². The highest BCUT2D eigenvalue weighted by atomic mass is 19.1. The normalized spacial score (nSPS) is 10.9. The van der Waals surface area contributed by atoms with Gasteiger partial charge < -0.3 is 13.9 Å². The molecule has 0 atom stereocenters. The van der Waals surface area contributed by atoms with Crippen molar-refractivity contribution in [2.75, 3.05) is 0 Å². The van der Waals surface area contributed by atoms with Crippen LogP contribution in [0.1, 0.15) is 49.8 Å². The number of carbonyl (C=O) groups is 2. The molecule has 9 aromatic rings. The van der Waals surface area contributed by atoms with Gasteiger partial charge in [-0.05, 0) is 83.6 Å². The summed E-state index contributed by atoms with van der Waals surface area (Å²) in [5.41, 5.74) is 9.07. The van der Waals surface area contributed by atoms with Gasteiger partial charge in [-0.1, -0.05) is 97.1 Å². The number of carbonyl (C=O) groups excluding carboxylic acids is 2. The van der Waals surface area contributed by atoms with Gasteiger partial charge in [-0.2, -0.15) is 0 Å². The number of pyridine rings is 2. The number of aromatic nitrogens is 6. The van der Waals surface area contributed by atoms with Crippen LogP contribution in [0.25, 0.3) is 22.9 Å². The van der Waals surface area contributed by atoms with Crippen LogP contribution in [0.4, 0.5) is 8.78 Å². The Bertz CT molecular complexity index is 3330. The third-order valence-electron chi connectivity index (χ3n) is 10.1. The summed E-state index contributed by atoms with van der Waals surface area (Å²) in [5.74, 6) is -1.89. The standard InChI is InChI=1S/C25H21FN4O4.C25H19FN4O3/c1-16-7-12-20-27-22(24(32)29-28-21(31)13-17-8-10-19(26)11-9-17)23(25(33)30(20)14-16)34-15-18-5-3-2-4-6-18;1-16-7-12-20-27-22(24-29-28-21(33-24)13-17-8-10-19(26)11-9-17)23(25(31)30(20)14-16)32-15-18-5-3-2-4-6-18/h2-12,14H,13,15H2,1H3,(H,28,31)(H,29,32);2-12,14H,13,15H2,1H3. The summed E-state index contributed by atoms with van der Waals surface area (Å²) in [6.45, 7) is 3.95. The number of fused-ring (bicyclic) bond motifs is 2. The lowest BCUT2D eigenvalue weighted by molar-refractivity contribution is -0.121. The lowest BCUT2D eigenvalue weighted by atomic mass is 10.1. The molecule has 67 heavy (non-hydrogen) atoms. The lowest BCUT2D eigenvalue weighted by Gasteiger charge is -2.13. The second kappa shape index (κ2) is 20.3. The van der Waals surface area contributed by atoms with E-state index in [-0.39, 0.29) is 65.4 Å². The Morgan fingerprint density at radius 2 is 1.12 bits per heavy atom. The van der Waals surface area contributed by atoms with Crippen molar-refractivity contribution in [3.8, 4) is 23.1 Å². The van der Waals surface area contributed by atoms with Gasteiger partial charge >= 0.3 is 11.1 Å². The number of hydrogen-bond acceptors (Lipinski definition) is 11. The van der Waals surface area contributed by atoms with E-state index in [9.17, 15) is 28.0 Å². The number of benzene rings is 4. The molecule has 5 heterocycles. The van der Waals surface area contributed by atoms with Crippen LogP contribution < -0.4 is 31.4 Å². The third kappa shape index (κ3) is 11.1. The zero-order chi connectivity index (χ0) is 46.9. The molecule has 0 unspecified atom stereocenters. The van der Waals surface area contributed by atoms with E-state index < -0.39 is 23.2 Å². The van der Waals surface area contributed by atoms with Gasteiger partial charge in [0, 0.05) is 12.4 Å². The number of ether oxygens (including phenoxy) is 2. The second-order valence-electron chi connectivity index (χ2n) is 15.2. The van der Waals surface area contributed by atoms with Gasteiger partial charge in [-0.3, -0.25) is 38.8 Å². The van der Waals surface area contributed by atoms with E-state index in [0.29, 0.717) is 23.5 Å². The smallest absolute Gasteiger partial charge is 0.301 e. The van der Waals surface area contributed by atoms with E-state index in [1.807, 2.05) is 80.6 Å². The zero-order valence-corrected chi connectivity index (χ0v) is 36.0. The van der Waals surface area contributed by atoms with Gasteiger partial charge in [0.2, 0.25) is 23.3 Å². The van der Waals surface area contributed by atoms with Crippen molar-refractivity contribution in [1.82, 2.24) is 39.8 Å². The van der Waals surface area contributed by atoms with Gasteiger partial charge in [0.25, 0.3) is 11.8 Å². The van der Waals surface area contributed by atoms with Crippen molar-refractivity contribution in [1.29, 1.82) is 0 Å². The Morgan fingerprint density at radius 1 is 0.597 bits per heavy atom. The van der Waals surface area contributed by atoms with Crippen LogP contribution in [-0.2, 0) is 30.8 Å². The maximum Gasteiger partial charge on any atom is 0.301 e. The lowest BCUT2D eigenvalue weighted by Crippen LogP contribution is -2.43. The molecule has 0 saturated carbocycles. The summed E-state index contributed by atoms with van der Waals surface area (Å²) in [5, 5.41) is 8.18. The molecule has 0 bridgehead atoms. The minimum Gasteiger partial charge on any atom is -0.481 e. The highest BCUT2D eigenvalue weighted by Gasteiger charge is 2.23. The summed E-state index contributed by atoms with van der Waals surface area (Å²) < 4.78 is 46.4. The second-order valence-corrected chi connectivity index (χ2v) is 15.2. The summed E-state index contributed by atoms with van der Waals surface area (Å²) in [7, 11) is 0. The maximum atomic E-state index is 13.3. The van der Waals surface area contributed by atoms with Gasteiger partial charge in [0.05, 0.1) is 12.8 Å². The topological polar surface area (TPSA) is 184 Å². The largest absolute Gasteiger partial charge is 0.481 e. The minimum atomic E-state index is -0.810. The maximum absolute atomic E-state index is 13.3. The minimum absolute atomic E-state index is 0.0268. The molecule has 0 aliphatic rings.